The van der Waals surface area contributed by atoms with Gasteiger partial charge in [0.05, 0.1) is 24.3 Å². The molecular weight excluding hydrogens is 468 g/mol. The lowest BCUT2D eigenvalue weighted by molar-refractivity contribution is -0.132. The summed E-state index contributed by atoms with van der Waals surface area (Å²) in [5.41, 5.74) is 4.68. The van der Waals surface area contributed by atoms with Gasteiger partial charge < -0.3 is 15.2 Å². The maximum atomic E-state index is 13.5. The zero-order valence-corrected chi connectivity index (χ0v) is 21.6. The third kappa shape index (κ3) is 4.85. The second-order valence-corrected chi connectivity index (χ2v) is 9.16. The van der Waals surface area contributed by atoms with Crippen molar-refractivity contribution in [2.24, 2.45) is 0 Å². The third-order valence-electron chi connectivity index (χ3n) is 6.47. The molecule has 1 aliphatic heterocycles. The molecule has 1 heterocycles. The highest BCUT2D eigenvalue weighted by molar-refractivity contribution is 6.51. The van der Waals surface area contributed by atoms with Crippen molar-refractivity contribution in [3.05, 3.63) is 94.1 Å². The normalized spacial score (nSPS) is 16.7. The number of methoxy groups -OCH3 is 1. The lowest BCUT2D eigenvalue weighted by Gasteiger charge is -2.26. The van der Waals surface area contributed by atoms with E-state index in [0.717, 1.165) is 23.1 Å². The quantitative estimate of drug-likeness (QED) is 0.267. The van der Waals surface area contributed by atoms with E-state index in [9.17, 15) is 19.5 Å². The van der Waals surface area contributed by atoms with E-state index < -0.39 is 17.7 Å². The summed E-state index contributed by atoms with van der Waals surface area (Å²) in [6, 6.07) is 17.1. The molecule has 0 spiro atoms. The highest BCUT2D eigenvalue weighted by atomic mass is 16.5. The molecule has 0 bridgehead atoms. The first-order valence-electron chi connectivity index (χ1n) is 12.1. The Morgan fingerprint density at radius 3 is 2.38 bits per heavy atom. The van der Waals surface area contributed by atoms with Crippen molar-refractivity contribution in [2.75, 3.05) is 17.3 Å². The van der Waals surface area contributed by atoms with Crippen LogP contribution < -0.4 is 15.0 Å². The molecule has 2 amide bonds. The van der Waals surface area contributed by atoms with E-state index in [1.165, 1.54) is 18.9 Å². The highest BCUT2D eigenvalue weighted by Gasteiger charge is 2.47. The van der Waals surface area contributed by atoms with Crippen molar-refractivity contribution in [1.29, 1.82) is 0 Å². The van der Waals surface area contributed by atoms with Crippen LogP contribution in [0.5, 0.6) is 5.75 Å². The molecule has 0 aliphatic carbocycles. The number of aliphatic hydroxyl groups excluding tert-OH is 1. The molecule has 37 heavy (non-hydrogen) atoms. The summed E-state index contributed by atoms with van der Waals surface area (Å²) in [5.74, 6) is -1.69. The number of hydrogen-bond acceptors (Lipinski definition) is 5. The third-order valence-corrected chi connectivity index (χ3v) is 6.47. The highest BCUT2D eigenvalue weighted by Crippen LogP contribution is 2.44. The summed E-state index contributed by atoms with van der Waals surface area (Å²) in [4.78, 5) is 40.0. The van der Waals surface area contributed by atoms with Gasteiger partial charge in [-0.3, -0.25) is 19.3 Å². The molecule has 190 valence electrons. The number of nitrogens with zero attached hydrogens (tertiary/aromatic N) is 1. The summed E-state index contributed by atoms with van der Waals surface area (Å²) in [7, 11) is 1.50. The van der Waals surface area contributed by atoms with Gasteiger partial charge in [-0.05, 0) is 66.8 Å². The molecular formula is C30H30N2O5. The van der Waals surface area contributed by atoms with Crippen molar-refractivity contribution < 1.29 is 24.2 Å². The molecule has 3 aromatic rings. The molecule has 0 radical (unpaired) electrons. The first-order valence-corrected chi connectivity index (χ1v) is 12.1. The van der Waals surface area contributed by atoms with Gasteiger partial charge in [0.2, 0.25) is 5.91 Å². The molecule has 1 saturated heterocycles. The van der Waals surface area contributed by atoms with E-state index in [-0.39, 0.29) is 17.2 Å². The molecule has 4 rings (SSSR count). The van der Waals surface area contributed by atoms with Crippen LogP contribution in [0.1, 0.15) is 47.7 Å². The molecule has 1 unspecified atom stereocenters. The van der Waals surface area contributed by atoms with Crippen LogP contribution in [0, 0.1) is 13.8 Å². The number of hydrogen-bond donors (Lipinski definition) is 2. The summed E-state index contributed by atoms with van der Waals surface area (Å²) in [6.07, 6.45) is 0.832. The number of nitrogens with one attached hydrogen (secondary N) is 1. The Morgan fingerprint density at radius 2 is 1.76 bits per heavy atom. The number of rotatable bonds is 6. The van der Waals surface area contributed by atoms with Gasteiger partial charge in [0.1, 0.15) is 11.5 Å². The molecule has 0 saturated carbocycles. The Labute approximate surface area is 216 Å². The van der Waals surface area contributed by atoms with E-state index >= 15 is 0 Å². The molecule has 0 aromatic heterocycles. The van der Waals surface area contributed by atoms with Crippen molar-refractivity contribution >= 4 is 34.7 Å². The number of ether oxygens (including phenoxy) is 1. The zero-order chi connectivity index (χ0) is 26.9. The maximum absolute atomic E-state index is 13.5. The molecule has 7 nitrogen and oxygen atoms in total. The van der Waals surface area contributed by atoms with Gasteiger partial charge in [0.25, 0.3) is 11.7 Å². The smallest absolute Gasteiger partial charge is 0.300 e. The second-order valence-electron chi connectivity index (χ2n) is 9.16. The fourth-order valence-electron chi connectivity index (χ4n) is 4.83. The second kappa shape index (κ2) is 10.3. The Bertz CT molecular complexity index is 1420. The molecule has 1 aliphatic rings. The van der Waals surface area contributed by atoms with Crippen LogP contribution in [-0.2, 0) is 20.8 Å². The molecule has 2 N–H and O–H groups in total. The SMILES string of the molecule is CCc1ccc(C2/C(=C(\O)c3cc(C)cc(C)c3OC)C(=O)C(=O)N2c2cccc(NC(C)=O)c2)cc1. The van der Waals surface area contributed by atoms with Gasteiger partial charge in [0.15, 0.2) is 0 Å². The molecule has 7 heteroatoms. The van der Waals surface area contributed by atoms with E-state index in [0.29, 0.717) is 28.3 Å². The number of anilines is 2. The Hall–Kier alpha value is -4.39. The monoisotopic (exact) mass is 498 g/mol. The number of amides is 2. The summed E-state index contributed by atoms with van der Waals surface area (Å²) < 4.78 is 5.57. The average molecular weight is 499 g/mol. The average Bonchev–Trinajstić information content (AvgIpc) is 3.13. The topological polar surface area (TPSA) is 95.9 Å². The summed E-state index contributed by atoms with van der Waals surface area (Å²) in [5, 5.41) is 14.3. The van der Waals surface area contributed by atoms with Gasteiger partial charge in [0, 0.05) is 18.3 Å². The number of benzene rings is 3. The van der Waals surface area contributed by atoms with Crippen LogP contribution in [0.4, 0.5) is 11.4 Å². The van der Waals surface area contributed by atoms with Crippen LogP contribution in [0.2, 0.25) is 0 Å². The van der Waals surface area contributed by atoms with E-state index in [1.807, 2.05) is 51.1 Å². The van der Waals surface area contributed by atoms with Crippen LogP contribution in [0.3, 0.4) is 0 Å². The van der Waals surface area contributed by atoms with Crippen LogP contribution in [0.15, 0.2) is 66.2 Å². The molecule has 3 aromatic carbocycles. The Kier molecular flexibility index (Phi) is 7.16. The van der Waals surface area contributed by atoms with Crippen molar-refractivity contribution in [2.45, 2.75) is 40.2 Å². The lowest BCUT2D eigenvalue weighted by atomic mass is 9.93. The fraction of sp³-hybridized carbons (Fsp3) is 0.233. The minimum Gasteiger partial charge on any atom is -0.507 e. The minimum atomic E-state index is -0.885. The predicted octanol–water partition coefficient (Wildman–Crippen LogP) is 5.46. The van der Waals surface area contributed by atoms with Gasteiger partial charge >= 0.3 is 0 Å². The van der Waals surface area contributed by atoms with Crippen molar-refractivity contribution in [1.82, 2.24) is 0 Å². The lowest BCUT2D eigenvalue weighted by Crippen LogP contribution is -2.29. The number of aryl methyl sites for hydroxylation is 3. The van der Waals surface area contributed by atoms with E-state index in [4.69, 9.17) is 4.74 Å². The first-order chi connectivity index (χ1) is 17.7. The van der Waals surface area contributed by atoms with Gasteiger partial charge in [-0.1, -0.05) is 43.3 Å². The Balaban J connectivity index is 1.97. The standard InChI is InChI=1S/C30H30N2O5/c1-6-20-10-12-21(13-11-20)26-25(27(34)24-15-17(2)14-18(3)29(24)37-5)28(35)30(36)32(26)23-9-7-8-22(16-23)31-19(4)33/h7-16,26,34H,6H2,1-5H3,(H,31,33)/b27-25+. The first kappa shape index (κ1) is 25.7. The van der Waals surface area contributed by atoms with Crippen molar-refractivity contribution in [3.8, 4) is 5.75 Å². The van der Waals surface area contributed by atoms with Crippen LogP contribution in [-0.4, -0.2) is 29.8 Å². The van der Waals surface area contributed by atoms with E-state index in [2.05, 4.69) is 5.32 Å². The summed E-state index contributed by atoms with van der Waals surface area (Å²) in [6.45, 7) is 7.18. The number of Topliss-reactive ketones (excluding diaryl/α,β-unsaturated/α-hetero) is 1. The number of aliphatic hydroxyl groups is 1. The molecule has 1 atom stereocenters. The number of carbonyl (C=O) groups is 3. The van der Waals surface area contributed by atoms with Gasteiger partial charge in [-0.15, -0.1) is 0 Å². The fourth-order valence-corrected chi connectivity index (χ4v) is 4.83. The van der Waals surface area contributed by atoms with Gasteiger partial charge in [-0.25, -0.2) is 0 Å². The predicted molar refractivity (Wildman–Crippen MR) is 144 cm³/mol. The summed E-state index contributed by atoms with van der Waals surface area (Å²) >= 11 is 0. The Morgan fingerprint density at radius 1 is 1.05 bits per heavy atom. The van der Waals surface area contributed by atoms with Gasteiger partial charge in [-0.2, -0.15) is 0 Å². The maximum Gasteiger partial charge on any atom is 0.300 e. The molecule has 1 fully saturated rings. The number of ketones is 1. The van der Waals surface area contributed by atoms with Crippen LogP contribution in [0.25, 0.3) is 5.76 Å². The van der Waals surface area contributed by atoms with E-state index in [1.54, 1.807) is 30.3 Å². The zero-order valence-electron chi connectivity index (χ0n) is 21.6. The van der Waals surface area contributed by atoms with Crippen LogP contribution >= 0.6 is 0 Å². The minimum absolute atomic E-state index is 0.0255. The number of carbonyl (C=O) groups excluding carboxylic acids is 3. The van der Waals surface area contributed by atoms with Crippen molar-refractivity contribution in [3.63, 3.8) is 0 Å². The largest absolute Gasteiger partial charge is 0.507 e.